The fourth-order valence-corrected chi connectivity index (χ4v) is 4.68. The second-order valence-corrected chi connectivity index (χ2v) is 10.6. The highest BCUT2D eigenvalue weighted by atomic mass is 19.1. The van der Waals surface area contributed by atoms with E-state index in [1.807, 2.05) is 25.3 Å². The normalized spacial score (nSPS) is 11.4. The highest BCUT2D eigenvalue weighted by molar-refractivity contribution is 6.04. The summed E-state index contributed by atoms with van der Waals surface area (Å²) in [6.07, 6.45) is 4.51. The number of pyridine rings is 3. The Morgan fingerprint density at radius 1 is 0.976 bits per heavy atom. The highest BCUT2D eigenvalue weighted by Gasteiger charge is 2.24. The monoisotopic (exact) mass is 570 g/mol. The van der Waals surface area contributed by atoms with Crippen molar-refractivity contribution < 1.29 is 23.0 Å². The molecule has 8 nitrogen and oxygen atoms in total. The lowest BCUT2D eigenvalue weighted by molar-refractivity contribution is 0.102. The van der Waals surface area contributed by atoms with Crippen LogP contribution in [0.25, 0.3) is 22.2 Å². The molecule has 0 aliphatic carbocycles. The van der Waals surface area contributed by atoms with Gasteiger partial charge in [0.15, 0.2) is 17.3 Å². The van der Waals surface area contributed by atoms with Crippen LogP contribution in [0, 0.1) is 18.6 Å². The van der Waals surface area contributed by atoms with Crippen LogP contribution in [0.4, 0.5) is 14.5 Å². The molecule has 0 radical (unpaired) electrons. The molecule has 1 amide bonds. The van der Waals surface area contributed by atoms with E-state index < -0.39 is 28.5 Å². The topological polar surface area (TPSA) is 95.3 Å². The minimum atomic E-state index is -0.741. The molecule has 0 aliphatic rings. The summed E-state index contributed by atoms with van der Waals surface area (Å²) in [5, 5.41) is 2.62. The van der Waals surface area contributed by atoms with E-state index in [1.165, 1.54) is 62.1 Å². The summed E-state index contributed by atoms with van der Waals surface area (Å²) in [5.41, 5.74) is 1.30. The molecular formula is C32H28F2N4O4. The minimum absolute atomic E-state index is 0.0952. The van der Waals surface area contributed by atoms with Gasteiger partial charge in [-0.1, -0.05) is 12.1 Å². The quantitative estimate of drug-likeness (QED) is 0.240. The molecule has 5 rings (SSSR count). The number of ether oxygens (including phenoxy) is 2. The summed E-state index contributed by atoms with van der Waals surface area (Å²) in [7, 11) is 1.52. The second kappa shape index (κ2) is 11.0. The zero-order valence-corrected chi connectivity index (χ0v) is 23.7. The van der Waals surface area contributed by atoms with Crippen LogP contribution in [-0.2, 0) is 5.54 Å². The Kier molecular flexibility index (Phi) is 7.47. The van der Waals surface area contributed by atoms with E-state index in [-0.39, 0.29) is 28.3 Å². The molecule has 0 saturated heterocycles. The number of carbonyl (C=O) groups is 1. The van der Waals surface area contributed by atoms with E-state index in [9.17, 15) is 14.0 Å². The Balaban J connectivity index is 1.46. The first-order valence-corrected chi connectivity index (χ1v) is 13.1. The first-order valence-electron chi connectivity index (χ1n) is 13.1. The van der Waals surface area contributed by atoms with Crippen LogP contribution in [0.3, 0.4) is 0 Å². The van der Waals surface area contributed by atoms with Crippen LogP contribution in [0.5, 0.6) is 17.2 Å². The van der Waals surface area contributed by atoms with E-state index in [0.29, 0.717) is 28.0 Å². The number of nitrogens with zero attached hydrogens (tertiary/aromatic N) is 3. The van der Waals surface area contributed by atoms with Crippen molar-refractivity contribution in [3.05, 3.63) is 106 Å². The number of nitrogens with one attached hydrogen (secondary N) is 1. The van der Waals surface area contributed by atoms with Crippen LogP contribution in [0.1, 0.15) is 36.8 Å². The van der Waals surface area contributed by atoms with E-state index in [2.05, 4.69) is 15.3 Å². The van der Waals surface area contributed by atoms with Crippen molar-refractivity contribution in [2.24, 2.45) is 0 Å². The number of amides is 1. The van der Waals surface area contributed by atoms with Gasteiger partial charge in [0.1, 0.15) is 22.6 Å². The first-order chi connectivity index (χ1) is 20.0. The average Bonchev–Trinajstić information content (AvgIpc) is 2.94. The molecule has 2 aromatic carbocycles. The van der Waals surface area contributed by atoms with Crippen molar-refractivity contribution in [2.75, 3.05) is 12.4 Å². The summed E-state index contributed by atoms with van der Waals surface area (Å²) in [6, 6.07) is 12.7. The van der Waals surface area contributed by atoms with Gasteiger partial charge in [-0.2, -0.15) is 0 Å². The molecule has 3 heterocycles. The van der Waals surface area contributed by atoms with Crippen molar-refractivity contribution in [3.63, 3.8) is 0 Å². The van der Waals surface area contributed by atoms with Gasteiger partial charge in [-0.3, -0.25) is 14.6 Å². The zero-order chi connectivity index (χ0) is 30.2. The van der Waals surface area contributed by atoms with Crippen LogP contribution in [0.15, 0.2) is 78.0 Å². The highest BCUT2D eigenvalue weighted by Crippen LogP contribution is 2.32. The molecule has 214 valence electrons. The largest absolute Gasteiger partial charge is 0.495 e. The van der Waals surface area contributed by atoms with Gasteiger partial charge in [0, 0.05) is 53.1 Å². The average molecular weight is 571 g/mol. The lowest BCUT2D eigenvalue weighted by atomic mass is 9.98. The number of hydrogen-bond donors (Lipinski definition) is 1. The van der Waals surface area contributed by atoms with Gasteiger partial charge in [-0.05, 0) is 57.5 Å². The predicted molar refractivity (Wildman–Crippen MR) is 156 cm³/mol. The summed E-state index contributed by atoms with van der Waals surface area (Å²) in [6.45, 7) is 7.59. The fraction of sp³-hybridized carbons (Fsp3) is 0.188. The van der Waals surface area contributed by atoms with Gasteiger partial charge in [0.2, 0.25) is 5.43 Å². The molecule has 0 atom stereocenters. The summed E-state index contributed by atoms with van der Waals surface area (Å²) < 4.78 is 41.5. The van der Waals surface area contributed by atoms with Crippen LogP contribution >= 0.6 is 0 Å². The predicted octanol–water partition coefficient (Wildman–Crippen LogP) is 6.85. The Morgan fingerprint density at radius 3 is 2.38 bits per heavy atom. The van der Waals surface area contributed by atoms with Crippen molar-refractivity contribution in [3.8, 4) is 28.4 Å². The van der Waals surface area contributed by atoms with Crippen LogP contribution in [-0.4, -0.2) is 27.6 Å². The minimum Gasteiger partial charge on any atom is -0.495 e. The van der Waals surface area contributed by atoms with Crippen molar-refractivity contribution >= 4 is 22.6 Å². The van der Waals surface area contributed by atoms with Crippen LogP contribution in [0.2, 0.25) is 0 Å². The maximum absolute atomic E-state index is 15.1. The summed E-state index contributed by atoms with van der Waals surface area (Å²) in [4.78, 5) is 35.5. The van der Waals surface area contributed by atoms with Crippen molar-refractivity contribution in [2.45, 2.75) is 33.2 Å². The third kappa shape index (κ3) is 5.56. The number of anilines is 1. The maximum atomic E-state index is 15.1. The van der Waals surface area contributed by atoms with E-state index in [0.717, 1.165) is 6.07 Å². The molecule has 0 aliphatic heterocycles. The molecule has 3 aromatic heterocycles. The molecule has 0 unspecified atom stereocenters. The molecule has 10 heteroatoms. The fourth-order valence-electron chi connectivity index (χ4n) is 4.68. The standard InChI is InChI=1S/C32H28F2N4O4/c1-18-28(19-6-8-20(33)9-7-19)30(39)23(17-38(18)32(2,3)4)31(40)37-21-10-11-26(24(34)14-21)42-27-12-13-35-25-15-22(41-5)16-36-29(25)27/h6-17H,1-5H3,(H,37,40). The number of fused-ring (bicyclic) bond motifs is 1. The maximum Gasteiger partial charge on any atom is 0.261 e. The molecule has 0 saturated carbocycles. The Morgan fingerprint density at radius 2 is 1.71 bits per heavy atom. The van der Waals surface area contributed by atoms with E-state index in [4.69, 9.17) is 9.47 Å². The number of carbonyl (C=O) groups excluding carboxylic acids is 1. The molecular weight excluding hydrogens is 542 g/mol. The number of halogens is 2. The Hall–Kier alpha value is -5.12. The van der Waals surface area contributed by atoms with Gasteiger partial charge < -0.3 is 19.4 Å². The third-order valence-corrected chi connectivity index (χ3v) is 6.71. The number of methoxy groups -OCH3 is 1. The molecule has 0 spiro atoms. The SMILES string of the molecule is COc1cnc2c(Oc3ccc(NC(=O)c4cn(C(C)(C)C)c(C)c(-c5ccc(F)cc5)c4=O)cc3F)ccnc2c1. The zero-order valence-electron chi connectivity index (χ0n) is 23.7. The third-order valence-electron chi connectivity index (χ3n) is 6.71. The second-order valence-electron chi connectivity index (χ2n) is 10.6. The van der Waals surface area contributed by atoms with Gasteiger partial charge in [-0.25, -0.2) is 13.8 Å². The lowest BCUT2D eigenvalue weighted by Gasteiger charge is -2.28. The molecule has 5 aromatic rings. The summed E-state index contributed by atoms with van der Waals surface area (Å²) in [5.74, 6) is -1.19. The van der Waals surface area contributed by atoms with Crippen molar-refractivity contribution in [1.29, 1.82) is 0 Å². The van der Waals surface area contributed by atoms with Crippen molar-refractivity contribution in [1.82, 2.24) is 14.5 Å². The Bertz CT molecular complexity index is 1880. The molecule has 1 N–H and O–H groups in total. The van der Waals surface area contributed by atoms with Gasteiger partial charge in [-0.15, -0.1) is 0 Å². The lowest BCUT2D eigenvalue weighted by Crippen LogP contribution is -2.32. The molecule has 0 fully saturated rings. The Labute approximate surface area is 240 Å². The molecule has 0 bridgehead atoms. The number of benzene rings is 2. The number of hydrogen-bond acceptors (Lipinski definition) is 6. The summed E-state index contributed by atoms with van der Waals surface area (Å²) >= 11 is 0. The number of rotatable bonds is 6. The van der Waals surface area contributed by atoms with Crippen LogP contribution < -0.4 is 20.2 Å². The van der Waals surface area contributed by atoms with E-state index >= 15 is 4.39 Å². The molecule has 42 heavy (non-hydrogen) atoms. The van der Waals surface area contributed by atoms with E-state index in [1.54, 1.807) is 19.1 Å². The number of aromatic nitrogens is 3. The van der Waals surface area contributed by atoms with Gasteiger partial charge >= 0.3 is 0 Å². The van der Waals surface area contributed by atoms with Gasteiger partial charge in [0.05, 0.1) is 18.8 Å². The van der Waals surface area contributed by atoms with Gasteiger partial charge in [0.25, 0.3) is 5.91 Å². The smallest absolute Gasteiger partial charge is 0.261 e. The first kappa shape index (κ1) is 28.4.